The first-order valence-corrected chi connectivity index (χ1v) is 8.28. The summed E-state index contributed by atoms with van der Waals surface area (Å²) in [5.41, 5.74) is 0.221. The van der Waals surface area contributed by atoms with Gasteiger partial charge >= 0.3 is 0 Å². The summed E-state index contributed by atoms with van der Waals surface area (Å²) in [6, 6.07) is 0.474. The van der Waals surface area contributed by atoms with Crippen LogP contribution in [0.4, 0.5) is 0 Å². The third kappa shape index (κ3) is 3.96. The highest BCUT2D eigenvalue weighted by Crippen LogP contribution is 2.44. The van der Waals surface area contributed by atoms with Gasteiger partial charge in [-0.1, -0.05) is 20.8 Å². The second-order valence-electron chi connectivity index (χ2n) is 8.36. The molecule has 2 fully saturated rings. The molecule has 2 rings (SSSR count). The fraction of sp³-hybridized carbons (Fsp3) is 1.00. The Hall–Kier alpha value is -0.120. The Kier molecular flexibility index (Phi) is 4.83. The van der Waals surface area contributed by atoms with Crippen molar-refractivity contribution in [3.05, 3.63) is 0 Å². The molecule has 1 aliphatic heterocycles. The smallest absolute Gasteiger partial charge is 0.0613 e. The molecule has 1 saturated heterocycles. The van der Waals surface area contributed by atoms with Gasteiger partial charge in [0, 0.05) is 11.6 Å². The number of aliphatic hydroxyl groups is 1. The fourth-order valence-electron chi connectivity index (χ4n) is 4.98. The Labute approximate surface area is 124 Å². The lowest BCUT2D eigenvalue weighted by Crippen LogP contribution is -2.60. The Morgan fingerprint density at radius 3 is 2.20 bits per heavy atom. The highest BCUT2D eigenvalue weighted by atomic mass is 16.5. The van der Waals surface area contributed by atoms with Crippen LogP contribution in [-0.2, 0) is 4.74 Å². The number of hydrogen-bond acceptors (Lipinski definition) is 3. The minimum atomic E-state index is -0.0946. The zero-order valence-electron chi connectivity index (χ0n) is 13.9. The van der Waals surface area contributed by atoms with Crippen molar-refractivity contribution in [2.24, 2.45) is 11.3 Å². The van der Waals surface area contributed by atoms with E-state index < -0.39 is 0 Å². The van der Waals surface area contributed by atoms with E-state index >= 15 is 0 Å². The standard InChI is InChI=1S/C17H33NO2/c1-12-8-16(4,5)10-17(9-12,11-19)18-15-6-13(2)20-14(3)7-15/h12-15,18-19H,6-11H2,1-5H3. The average Bonchev–Trinajstić information content (AvgIpc) is 2.24. The van der Waals surface area contributed by atoms with E-state index in [9.17, 15) is 5.11 Å². The summed E-state index contributed by atoms with van der Waals surface area (Å²) in [7, 11) is 0. The maximum atomic E-state index is 10.1. The molecule has 1 saturated carbocycles. The Morgan fingerprint density at radius 2 is 1.70 bits per heavy atom. The Morgan fingerprint density at radius 1 is 1.10 bits per heavy atom. The van der Waals surface area contributed by atoms with Crippen molar-refractivity contribution in [2.75, 3.05) is 6.61 Å². The molecule has 20 heavy (non-hydrogen) atoms. The summed E-state index contributed by atoms with van der Waals surface area (Å²) in [5.74, 6) is 0.674. The largest absolute Gasteiger partial charge is 0.394 e. The van der Waals surface area contributed by atoms with Gasteiger partial charge < -0.3 is 15.2 Å². The second kappa shape index (κ2) is 5.94. The molecule has 3 heteroatoms. The Bertz CT molecular complexity index is 321. The monoisotopic (exact) mass is 283 g/mol. The third-order valence-corrected chi connectivity index (χ3v) is 4.97. The highest BCUT2D eigenvalue weighted by molar-refractivity contribution is 5.00. The van der Waals surface area contributed by atoms with E-state index in [0.717, 1.165) is 25.7 Å². The van der Waals surface area contributed by atoms with Crippen molar-refractivity contribution < 1.29 is 9.84 Å². The lowest BCUT2D eigenvalue weighted by Gasteiger charge is -2.50. The molecule has 1 heterocycles. The van der Waals surface area contributed by atoms with Gasteiger partial charge in [-0.2, -0.15) is 0 Å². The molecule has 0 bridgehead atoms. The van der Waals surface area contributed by atoms with Crippen LogP contribution in [0.25, 0.3) is 0 Å². The highest BCUT2D eigenvalue weighted by Gasteiger charge is 2.44. The molecular weight excluding hydrogens is 250 g/mol. The molecule has 118 valence electrons. The Balaban J connectivity index is 2.07. The van der Waals surface area contributed by atoms with Crippen LogP contribution in [0.2, 0.25) is 0 Å². The maximum absolute atomic E-state index is 10.1. The summed E-state index contributed by atoms with van der Waals surface area (Å²) in [4.78, 5) is 0. The normalized spacial score (nSPS) is 45.3. The zero-order chi connectivity index (χ0) is 15.0. The molecule has 0 spiro atoms. The summed E-state index contributed by atoms with van der Waals surface area (Å²) in [6.45, 7) is 11.6. The van der Waals surface area contributed by atoms with Crippen LogP contribution in [0, 0.1) is 11.3 Å². The quantitative estimate of drug-likeness (QED) is 0.836. The van der Waals surface area contributed by atoms with Gasteiger partial charge in [0.2, 0.25) is 0 Å². The van der Waals surface area contributed by atoms with Crippen LogP contribution in [0.15, 0.2) is 0 Å². The second-order valence-corrected chi connectivity index (χ2v) is 8.36. The first-order valence-electron chi connectivity index (χ1n) is 8.28. The average molecular weight is 283 g/mol. The molecule has 2 N–H and O–H groups in total. The molecule has 4 unspecified atom stereocenters. The third-order valence-electron chi connectivity index (χ3n) is 4.97. The molecule has 0 aromatic heterocycles. The van der Waals surface area contributed by atoms with E-state index in [0.29, 0.717) is 29.6 Å². The van der Waals surface area contributed by atoms with Crippen molar-refractivity contribution >= 4 is 0 Å². The van der Waals surface area contributed by atoms with E-state index in [2.05, 4.69) is 39.9 Å². The van der Waals surface area contributed by atoms with E-state index in [4.69, 9.17) is 4.74 Å². The molecule has 0 amide bonds. The SMILES string of the molecule is CC1CC(C)(C)CC(CO)(NC2CC(C)OC(C)C2)C1. The van der Waals surface area contributed by atoms with Gasteiger partial charge in [-0.3, -0.25) is 0 Å². The molecular formula is C17H33NO2. The summed E-state index contributed by atoms with van der Waals surface area (Å²) in [5, 5.41) is 13.9. The topological polar surface area (TPSA) is 41.5 Å². The predicted molar refractivity (Wildman–Crippen MR) is 82.8 cm³/mol. The first-order chi connectivity index (χ1) is 9.23. The molecule has 2 aliphatic rings. The minimum absolute atomic E-state index is 0.0946. The number of ether oxygens (including phenoxy) is 1. The molecule has 0 radical (unpaired) electrons. The maximum Gasteiger partial charge on any atom is 0.0613 e. The van der Waals surface area contributed by atoms with Crippen molar-refractivity contribution in [2.45, 2.75) is 90.5 Å². The molecule has 1 aliphatic carbocycles. The lowest BCUT2D eigenvalue weighted by molar-refractivity contribution is -0.0564. The molecule has 4 atom stereocenters. The first kappa shape index (κ1) is 16.3. The zero-order valence-corrected chi connectivity index (χ0v) is 13.9. The van der Waals surface area contributed by atoms with Crippen LogP contribution in [-0.4, -0.2) is 35.5 Å². The van der Waals surface area contributed by atoms with Crippen LogP contribution in [0.3, 0.4) is 0 Å². The number of aliphatic hydroxyl groups excluding tert-OH is 1. The van der Waals surface area contributed by atoms with Gasteiger partial charge in [-0.15, -0.1) is 0 Å². The van der Waals surface area contributed by atoms with E-state index in [1.165, 1.54) is 6.42 Å². The van der Waals surface area contributed by atoms with Crippen molar-refractivity contribution in [1.29, 1.82) is 0 Å². The predicted octanol–water partition coefficient (Wildman–Crippen LogP) is 3.11. The summed E-state index contributed by atoms with van der Waals surface area (Å²) in [6.07, 6.45) is 6.18. The minimum Gasteiger partial charge on any atom is -0.394 e. The number of hydrogen-bond donors (Lipinski definition) is 2. The van der Waals surface area contributed by atoms with Gasteiger partial charge in [-0.05, 0) is 57.3 Å². The van der Waals surface area contributed by atoms with Gasteiger partial charge in [0.25, 0.3) is 0 Å². The van der Waals surface area contributed by atoms with E-state index in [-0.39, 0.29) is 12.1 Å². The van der Waals surface area contributed by atoms with Crippen molar-refractivity contribution in [1.82, 2.24) is 5.32 Å². The summed E-state index contributed by atoms with van der Waals surface area (Å²) < 4.78 is 5.83. The summed E-state index contributed by atoms with van der Waals surface area (Å²) >= 11 is 0. The van der Waals surface area contributed by atoms with E-state index in [1.54, 1.807) is 0 Å². The molecule has 0 aromatic rings. The molecule has 3 nitrogen and oxygen atoms in total. The van der Waals surface area contributed by atoms with Gasteiger partial charge in [0.15, 0.2) is 0 Å². The van der Waals surface area contributed by atoms with Gasteiger partial charge in [-0.25, -0.2) is 0 Å². The van der Waals surface area contributed by atoms with Gasteiger partial charge in [0.05, 0.1) is 18.8 Å². The van der Waals surface area contributed by atoms with E-state index in [1.807, 2.05) is 0 Å². The molecule has 0 aromatic carbocycles. The lowest BCUT2D eigenvalue weighted by atomic mass is 9.64. The van der Waals surface area contributed by atoms with Crippen molar-refractivity contribution in [3.8, 4) is 0 Å². The van der Waals surface area contributed by atoms with Gasteiger partial charge in [0.1, 0.15) is 0 Å². The number of nitrogens with one attached hydrogen (secondary N) is 1. The van der Waals surface area contributed by atoms with Crippen LogP contribution in [0.5, 0.6) is 0 Å². The van der Waals surface area contributed by atoms with Crippen LogP contribution < -0.4 is 5.32 Å². The number of rotatable bonds is 3. The fourth-order valence-corrected chi connectivity index (χ4v) is 4.98. The van der Waals surface area contributed by atoms with Crippen LogP contribution >= 0.6 is 0 Å². The van der Waals surface area contributed by atoms with Crippen molar-refractivity contribution in [3.63, 3.8) is 0 Å². The van der Waals surface area contributed by atoms with Crippen LogP contribution in [0.1, 0.15) is 66.7 Å².